The van der Waals surface area contributed by atoms with Crippen LogP contribution >= 0.6 is 0 Å². The van der Waals surface area contributed by atoms with E-state index in [-0.39, 0.29) is 0 Å². The van der Waals surface area contributed by atoms with Gasteiger partial charge in [0, 0.05) is 11.6 Å². The van der Waals surface area contributed by atoms with Crippen molar-refractivity contribution < 1.29 is 9.90 Å². The quantitative estimate of drug-likeness (QED) is 0.859. The topological polar surface area (TPSA) is 75.1 Å². The number of carboxylic acid groups (broad SMARTS) is 1. The zero-order chi connectivity index (χ0) is 13.0. The standard InChI is InChI=1S/C13H13N3O2/c1-9(13(17)18)16-12-7-11(14-8-15-12)10-5-3-2-4-6-10/h2-9H,1H3,(H,17,18)(H,14,15,16). The molecule has 5 heteroatoms. The second-order valence-corrected chi connectivity index (χ2v) is 3.86. The zero-order valence-corrected chi connectivity index (χ0v) is 9.87. The number of nitrogens with zero attached hydrogens (tertiary/aromatic N) is 2. The molecule has 0 radical (unpaired) electrons. The zero-order valence-electron chi connectivity index (χ0n) is 9.87. The average molecular weight is 243 g/mol. The number of carboxylic acids is 1. The van der Waals surface area contributed by atoms with Crippen LogP contribution in [0.2, 0.25) is 0 Å². The van der Waals surface area contributed by atoms with Crippen molar-refractivity contribution in [2.45, 2.75) is 13.0 Å². The normalized spacial score (nSPS) is 11.8. The van der Waals surface area contributed by atoms with Gasteiger partial charge in [-0.2, -0.15) is 0 Å². The van der Waals surface area contributed by atoms with E-state index in [4.69, 9.17) is 5.11 Å². The van der Waals surface area contributed by atoms with Crippen molar-refractivity contribution >= 4 is 11.8 Å². The summed E-state index contributed by atoms with van der Waals surface area (Å²) in [5.41, 5.74) is 1.72. The predicted octanol–water partition coefficient (Wildman–Crippen LogP) is 2.03. The van der Waals surface area contributed by atoms with E-state index in [0.29, 0.717) is 5.82 Å². The number of rotatable bonds is 4. The third kappa shape index (κ3) is 2.82. The van der Waals surface area contributed by atoms with Crippen molar-refractivity contribution in [2.24, 2.45) is 0 Å². The molecule has 1 unspecified atom stereocenters. The van der Waals surface area contributed by atoms with Gasteiger partial charge < -0.3 is 10.4 Å². The van der Waals surface area contributed by atoms with Crippen molar-refractivity contribution in [2.75, 3.05) is 5.32 Å². The number of aliphatic carboxylic acids is 1. The molecule has 0 saturated carbocycles. The van der Waals surface area contributed by atoms with E-state index in [1.54, 1.807) is 13.0 Å². The summed E-state index contributed by atoms with van der Waals surface area (Å²) in [5, 5.41) is 11.6. The van der Waals surface area contributed by atoms with Crippen molar-refractivity contribution in [3.05, 3.63) is 42.7 Å². The van der Waals surface area contributed by atoms with Gasteiger partial charge in [-0.1, -0.05) is 30.3 Å². The molecular formula is C13H13N3O2. The molecule has 0 fully saturated rings. The van der Waals surface area contributed by atoms with Crippen LogP contribution in [0.1, 0.15) is 6.92 Å². The molecule has 1 aromatic heterocycles. The molecule has 92 valence electrons. The van der Waals surface area contributed by atoms with E-state index in [1.807, 2.05) is 30.3 Å². The van der Waals surface area contributed by atoms with Crippen molar-refractivity contribution in [1.82, 2.24) is 9.97 Å². The number of benzene rings is 1. The first-order valence-electron chi connectivity index (χ1n) is 5.53. The molecule has 0 spiro atoms. The molecule has 2 rings (SSSR count). The Bertz CT molecular complexity index is 543. The molecule has 0 saturated heterocycles. The van der Waals surface area contributed by atoms with Gasteiger partial charge in [-0.25, -0.2) is 9.97 Å². The molecule has 0 aliphatic rings. The lowest BCUT2D eigenvalue weighted by Gasteiger charge is -2.10. The monoisotopic (exact) mass is 243 g/mol. The number of hydrogen-bond acceptors (Lipinski definition) is 4. The number of hydrogen-bond donors (Lipinski definition) is 2. The van der Waals surface area contributed by atoms with Gasteiger partial charge in [-0.05, 0) is 6.92 Å². The molecule has 5 nitrogen and oxygen atoms in total. The second kappa shape index (κ2) is 5.27. The Labute approximate surface area is 105 Å². The Kier molecular flexibility index (Phi) is 3.52. The molecule has 0 aliphatic heterocycles. The largest absolute Gasteiger partial charge is 0.480 e. The summed E-state index contributed by atoms with van der Waals surface area (Å²) in [7, 11) is 0. The Morgan fingerprint density at radius 2 is 2.00 bits per heavy atom. The summed E-state index contributed by atoms with van der Waals surface area (Å²) in [5.74, 6) is -0.423. The molecule has 1 aromatic carbocycles. The summed E-state index contributed by atoms with van der Waals surface area (Å²) >= 11 is 0. The van der Waals surface area contributed by atoms with Crippen LogP contribution in [-0.2, 0) is 4.79 Å². The highest BCUT2D eigenvalue weighted by Crippen LogP contribution is 2.18. The van der Waals surface area contributed by atoms with Crippen LogP contribution in [0.25, 0.3) is 11.3 Å². The fourth-order valence-corrected chi connectivity index (χ4v) is 1.49. The van der Waals surface area contributed by atoms with Crippen LogP contribution in [0.3, 0.4) is 0 Å². The summed E-state index contributed by atoms with van der Waals surface area (Å²) in [6.07, 6.45) is 1.42. The van der Waals surface area contributed by atoms with Crippen LogP contribution < -0.4 is 5.32 Å². The summed E-state index contributed by atoms with van der Waals surface area (Å²) in [6.45, 7) is 1.56. The minimum absolute atomic E-state index is 0.499. The molecule has 2 aromatic rings. The summed E-state index contributed by atoms with van der Waals surface area (Å²) < 4.78 is 0. The fraction of sp³-hybridized carbons (Fsp3) is 0.154. The predicted molar refractivity (Wildman–Crippen MR) is 68.2 cm³/mol. The highest BCUT2D eigenvalue weighted by atomic mass is 16.4. The highest BCUT2D eigenvalue weighted by Gasteiger charge is 2.11. The maximum absolute atomic E-state index is 10.8. The lowest BCUT2D eigenvalue weighted by atomic mass is 10.1. The molecule has 0 aliphatic carbocycles. The minimum atomic E-state index is -0.921. The van der Waals surface area contributed by atoms with E-state index in [9.17, 15) is 4.79 Å². The summed E-state index contributed by atoms with van der Waals surface area (Å²) in [6, 6.07) is 10.7. The van der Waals surface area contributed by atoms with E-state index >= 15 is 0 Å². The lowest BCUT2D eigenvalue weighted by molar-refractivity contribution is -0.137. The first kappa shape index (κ1) is 12.0. The first-order chi connectivity index (χ1) is 8.66. The van der Waals surface area contributed by atoms with Gasteiger partial charge in [-0.3, -0.25) is 4.79 Å². The molecule has 1 atom stereocenters. The Balaban J connectivity index is 2.23. The number of carbonyl (C=O) groups is 1. The van der Waals surface area contributed by atoms with Crippen LogP contribution in [-0.4, -0.2) is 27.1 Å². The molecule has 1 heterocycles. The van der Waals surface area contributed by atoms with Gasteiger partial charge in [-0.15, -0.1) is 0 Å². The van der Waals surface area contributed by atoms with Gasteiger partial charge in [0.1, 0.15) is 18.2 Å². The van der Waals surface area contributed by atoms with Gasteiger partial charge in [0.05, 0.1) is 5.69 Å². The fourth-order valence-electron chi connectivity index (χ4n) is 1.49. The van der Waals surface area contributed by atoms with Crippen LogP contribution in [0.5, 0.6) is 0 Å². The molecule has 0 amide bonds. The van der Waals surface area contributed by atoms with Gasteiger partial charge >= 0.3 is 5.97 Å². The SMILES string of the molecule is CC(Nc1cc(-c2ccccc2)ncn1)C(=O)O. The number of anilines is 1. The van der Waals surface area contributed by atoms with E-state index in [0.717, 1.165) is 11.3 Å². The van der Waals surface area contributed by atoms with Crippen molar-refractivity contribution in [3.8, 4) is 11.3 Å². The molecule has 18 heavy (non-hydrogen) atoms. The third-order valence-electron chi connectivity index (χ3n) is 2.47. The Morgan fingerprint density at radius 3 is 2.67 bits per heavy atom. The maximum Gasteiger partial charge on any atom is 0.325 e. The van der Waals surface area contributed by atoms with Gasteiger partial charge in [0.15, 0.2) is 0 Å². The maximum atomic E-state index is 10.8. The van der Waals surface area contributed by atoms with Crippen LogP contribution in [0.4, 0.5) is 5.82 Å². The average Bonchev–Trinajstić information content (AvgIpc) is 2.40. The van der Waals surface area contributed by atoms with Crippen LogP contribution in [0, 0.1) is 0 Å². The molecule has 0 bridgehead atoms. The smallest absolute Gasteiger partial charge is 0.325 e. The van der Waals surface area contributed by atoms with E-state index in [1.165, 1.54) is 6.33 Å². The second-order valence-electron chi connectivity index (χ2n) is 3.86. The van der Waals surface area contributed by atoms with E-state index < -0.39 is 12.0 Å². The highest BCUT2D eigenvalue weighted by molar-refractivity contribution is 5.76. The van der Waals surface area contributed by atoms with Gasteiger partial charge in [0.25, 0.3) is 0 Å². The van der Waals surface area contributed by atoms with E-state index in [2.05, 4.69) is 15.3 Å². The van der Waals surface area contributed by atoms with Crippen molar-refractivity contribution in [3.63, 3.8) is 0 Å². The number of nitrogens with one attached hydrogen (secondary N) is 1. The Hall–Kier alpha value is -2.43. The Morgan fingerprint density at radius 1 is 1.28 bits per heavy atom. The van der Waals surface area contributed by atoms with Crippen molar-refractivity contribution in [1.29, 1.82) is 0 Å². The van der Waals surface area contributed by atoms with Gasteiger partial charge in [0.2, 0.25) is 0 Å². The minimum Gasteiger partial charge on any atom is -0.480 e. The number of aromatic nitrogens is 2. The third-order valence-corrected chi connectivity index (χ3v) is 2.47. The first-order valence-corrected chi connectivity index (χ1v) is 5.53. The molecule has 2 N–H and O–H groups in total. The molecular weight excluding hydrogens is 230 g/mol. The summed E-state index contributed by atoms with van der Waals surface area (Å²) in [4.78, 5) is 18.9. The van der Waals surface area contributed by atoms with Crippen LogP contribution in [0.15, 0.2) is 42.7 Å². The lowest BCUT2D eigenvalue weighted by Crippen LogP contribution is -2.25.